The number of nitro benzene ring substituents is 1. The van der Waals surface area contributed by atoms with Gasteiger partial charge in [-0.25, -0.2) is 4.90 Å². The number of non-ortho nitro benzene ring substituents is 1. The van der Waals surface area contributed by atoms with Crippen LogP contribution in [0.2, 0.25) is 0 Å². The van der Waals surface area contributed by atoms with E-state index in [1.165, 1.54) is 19.2 Å². The number of ether oxygens (including phenoxy) is 4. The van der Waals surface area contributed by atoms with Crippen molar-refractivity contribution in [2.45, 2.75) is 53.6 Å². The number of rotatable bonds is 16. The second-order valence-electron chi connectivity index (χ2n) is 11.4. The molecule has 0 aliphatic carbocycles. The van der Waals surface area contributed by atoms with Gasteiger partial charge in [-0.1, -0.05) is 38.1 Å². The monoisotopic (exact) mass is 601 g/mol. The molecule has 2 rings (SSSR count). The molecular weight excluding hydrogens is 558 g/mol. The SMILES string of the molecule is COC(=O)C(Cc1ccc([N+](=O)[O-])cc1)N(CCN(COC(=O)C(C)C)COC(=O)C(C)(C)C)Cc1ccc(OC)cc1. The number of nitrogens with zero attached hydrogens (tertiary/aromatic N) is 3. The Labute approximate surface area is 253 Å². The summed E-state index contributed by atoms with van der Waals surface area (Å²) in [4.78, 5) is 52.0. The predicted octanol–water partition coefficient (Wildman–Crippen LogP) is 4.20. The van der Waals surface area contributed by atoms with Crippen LogP contribution >= 0.6 is 0 Å². The molecule has 12 heteroatoms. The van der Waals surface area contributed by atoms with Gasteiger partial charge >= 0.3 is 17.9 Å². The second-order valence-corrected chi connectivity index (χ2v) is 11.4. The molecule has 0 aliphatic heterocycles. The van der Waals surface area contributed by atoms with Crippen LogP contribution in [-0.4, -0.2) is 79.4 Å². The highest BCUT2D eigenvalue weighted by molar-refractivity contribution is 5.76. The zero-order chi connectivity index (χ0) is 32.2. The minimum Gasteiger partial charge on any atom is -0.497 e. The average molecular weight is 602 g/mol. The highest BCUT2D eigenvalue weighted by atomic mass is 16.6. The molecule has 0 heterocycles. The Morgan fingerprint density at radius 1 is 0.860 bits per heavy atom. The zero-order valence-corrected chi connectivity index (χ0v) is 26.0. The molecular formula is C31H43N3O9. The van der Waals surface area contributed by atoms with Crippen molar-refractivity contribution in [3.05, 3.63) is 69.8 Å². The van der Waals surface area contributed by atoms with E-state index in [1.807, 2.05) is 29.2 Å². The van der Waals surface area contributed by atoms with Crippen LogP contribution in [0.5, 0.6) is 5.75 Å². The number of esters is 3. The van der Waals surface area contributed by atoms with Crippen molar-refractivity contribution in [2.75, 3.05) is 40.8 Å². The highest BCUT2D eigenvalue weighted by Crippen LogP contribution is 2.20. The molecule has 1 atom stereocenters. The Hall–Kier alpha value is -4.03. The number of hydrogen-bond acceptors (Lipinski definition) is 11. The summed E-state index contributed by atoms with van der Waals surface area (Å²) < 4.78 is 21.4. The Kier molecular flexibility index (Phi) is 13.5. The summed E-state index contributed by atoms with van der Waals surface area (Å²) in [5.74, 6) is -0.939. The summed E-state index contributed by atoms with van der Waals surface area (Å²) >= 11 is 0. The van der Waals surface area contributed by atoms with E-state index >= 15 is 0 Å². The van der Waals surface area contributed by atoms with E-state index in [1.54, 1.807) is 58.8 Å². The lowest BCUT2D eigenvalue weighted by molar-refractivity contribution is -0.384. The van der Waals surface area contributed by atoms with Crippen molar-refractivity contribution in [2.24, 2.45) is 11.3 Å². The lowest BCUT2D eigenvalue weighted by Crippen LogP contribution is -2.47. The van der Waals surface area contributed by atoms with Crippen molar-refractivity contribution in [3.8, 4) is 5.75 Å². The predicted molar refractivity (Wildman–Crippen MR) is 159 cm³/mol. The van der Waals surface area contributed by atoms with Crippen LogP contribution in [0.4, 0.5) is 5.69 Å². The van der Waals surface area contributed by atoms with Gasteiger partial charge in [-0.2, -0.15) is 0 Å². The molecule has 2 aromatic rings. The molecule has 0 aliphatic rings. The number of benzene rings is 2. The first-order valence-electron chi connectivity index (χ1n) is 14.0. The molecule has 0 bridgehead atoms. The molecule has 0 saturated carbocycles. The first kappa shape index (κ1) is 35.2. The average Bonchev–Trinajstić information content (AvgIpc) is 2.98. The maximum Gasteiger partial charge on any atom is 0.323 e. The number of carbonyl (C=O) groups is 3. The maximum absolute atomic E-state index is 13.1. The fourth-order valence-electron chi connectivity index (χ4n) is 3.91. The largest absolute Gasteiger partial charge is 0.497 e. The Morgan fingerprint density at radius 3 is 1.95 bits per heavy atom. The van der Waals surface area contributed by atoms with Gasteiger partial charge in [-0.05, 0) is 50.5 Å². The summed E-state index contributed by atoms with van der Waals surface area (Å²) in [5.41, 5.74) is 0.837. The van der Waals surface area contributed by atoms with Crippen molar-refractivity contribution in [3.63, 3.8) is 0 Å². The first-order chi connectivity index (χ1) is 20.2. The van der Waals surface area contributed by atoms with E-state index in [-0.39, 0.29) is 38.0 Å². The van der Waals surface area contributed by atoms with Crippen LogP contribution in [-0.2, 0) is 41.6 Å². The Balaban J connectivity index is 2.35. The molecule has 0 spiro atoms. The minimum absolute atomic E-state index is 0.0511. The quantitative estimate of drug-likeness (QED) is 0.0900. The van der Waals surface area contributed by atoms with Gasteiger partial charge in [0, 0.05) is 31.8 Å². The number of methoxy groups -OCH3 is 2. The van der Waals surface area contributed by atoms with Crippen LogP contribution in [0.3, 0.4) is 0 Å². The molecule has 0 saturated heterocycles. The first-order valence-corrected chi connectivity index (χ1v) is 14.0. The molecule has 236 valence electrons. The van der Waals surface area contributed by atoms with Gasteiger partial charge in [0.05, 0.1) is 30.5 Å². The molecule has 1 unspecified atom stereocenters. The van der Waals surface area contributed by atoms with Gasteiger partial charge < -0.3 is 18.9 Å². The number of nitro groups is 1. The van der Waals surface area contributed by atoms with Gasteiger partial charge in [0.25, 0.3) is 5.69 Å². The van der Waals surface area contributed by atoms with Gasteiger partial charge in [-0.3, -0.25) is 29.4 Å². The molecule has 12 nitrogen and oxygen atoms in total. The Morgan fingerprint density at radius 2 is 1.44 bits per heavy atom. The van der Waals surface area contributed by atoms with Crippen LogP contribution in [0, 0.1) is 21.4 Å². The number of carbonyl (C=O) groups excluding carboxylic acids is 3. The molecule has 0 fully saturated rings. The maximum atomic E-state index is 13.1. The molecule has 2 aromatic carbocycles. The summed E-state index contributed by atoms with van der Waals surface area (Å²) in [7, 11) is 2.88. The van der Waals surface area contributed by atoms with Crippen molar-refractivity contribution in [1.29, 1.82) is 0 Å². The lowest BCUT2D eigenvalue weighted by Gasteiger charge is -2.32. The minimum atomic E-state index is -0.759. The fourth-order valence-corrected chi connectivity index (χ4v) is 3.91. The van der Waals surface area contributed by atoms with Crippen LogP contribution in [0.1, 0.15) is 45.7 Å². The highest BCUT2D eigenvalue weighted by Gasteiger charge is 2.29. The van der Waals surface area contributed by atoms with E-state index in [0.717, 1.165) is 5.56 Å². The van der Waals surface area contributed by atoms with Crippen LogP contribution in [0.25, 0.3) is 0 Å². The second kappa shape index (κ2) is 16.6. The molecule has 0 radical (unpaired) electrons. The fraction of sp³-hybridized carbons (Fsp3) is 0.516. The third kappa shape index (κ3) is 11.6. The van der Waals surface area contributed by atoms with E-state index < -0.39 is 34.3 Å². The standard InChI is InChI=1S/C31H43N3O9/c1-22(2)28(35)42-20-32(21-43-30(37)31(3,4)5)16-17-33(19-24-10-14-26(40-6)15-11-24)27(29(36)41-7)18-23-8-12-25(13-9-23)34(38)39/h8-15,22,27H,16-21H2,1-7H3. The Bertz CT molecular complexity index is 1210. The summed E-state index contributed by atoms with van der Waals surface area (Å²) in [6.07, 6.45) is 0.224. The van der Waals surface area contributed by atoms with E-state index in [2.05, 4.69) is 0 Å². The smallest absolute Gasteiger partial charge is 0.323 e. The van der Waals surface area contributed by atoms with Crippen LogP contribution < -0.4 is 4.74 Å². The van der Waals surface area contributed by atoms with E-state index in [4.69, 9.17) is 18.9 Å². The summed E-state index contributed by atoms with van der Waals surface area (Å²) in [6.45, 7) is 9.36. The molecule has 0 amide bonds. The van der Waals surface area contributed by atoms with E-state index in [9.17, 15) is 24.5 Å². The molecule has 0 N–H and O–H groups in total. The van der Waals surface area contributed by atoms with Gasteiger partial charge in [0.2, 0.25) is 0 Å². The zero-order valence-electron chi connectivity index (χ0n) is 26.0. The summed E-state index contributed by atoms with van der Waals surface area (Å²) in [5, 5.41) is 11.1. The third-order valence-electron chi connectivity index (χ3n) is 6.59. The lowest BCUT2D eigenvalue weighted by atomic mass is 9.98. The van der Waals surface area contributed by atoms with E-state index in [0.29, 0.717) is 24.4 Å². The van der Waals surface area contributed by atoms with Gasteiger partial charge in [0.15, 0.2) is 0 Å². The summed E-state index contributed by atoms with van der Waals surface area (Å²) in [6, 6.07) is 12.7. The third-order valence-corrected chi connectivity index (χ3v) is 6.59. The molecule has 0 aromatic heterocycles. The van der Waals surface area contributed by atoms with Crippen molar-refractivity contribution >= 4 is 23.6 Å². The van der Waals surface area contributed by atoms with Crippen LogP contribution in [0.15, 0.2) is 48.5 Å². The van der Waals surface area contributed by atoms with Crippen molar-refractivity contribution < 1.29 is 38.3 Å². The van der Waals surface area contributed by atoms with Gasteiger partial charge in [0.1, 0.15) is 25.3 Å². The topological polar surface area (TPSA) is 138 Å². The normalized spacial score (nSPS) is 12.2. The van der Waals surface area contributed by atoms with Gasteiger partial charge in [-0.15, -0.1) is 0 Å². The number of hydrogen-bond donors (Lipinski definition) is 0. The van der Waals surface area contributed by atoms with Crippen molar-refractivity contribution in [1.82, 2.24) is 9.80 Å². The molecule has 43 heavy (non-hydrogen) atoms.